The molecule has 0 radical (unpaired) electrons. The number of carbonyl (C=O) groups is 2. The number of benzene rings is 1. The zero-order valence-corrected chi connectivity index (χ0v) is 19.3. The van der Waals surface area contributed by atoms with E-state index in [4.69, 9.17) is 9.47 Å². The molecule has 1 amide bonds. The highest BCUT2D eigenvalue weighted by Crippen LogP contribution is 2.45. The molecule has 0 N–H and O–H groups in total. The molecule has 1 aromatic rings. The van der Waals surface area contributed by atoms with Gasteiger partial charge in [0.05, 0.1) is 16.4 Å². The Labute approximate surface area is 186 Å². The van der Waals surface area contributed by atoms with Gasteiger partial charge in [-0.2, -0.15) is 4.31 Å². The van der Waals surface area contributed by atoms with Crippen LogP contribution in [0.2, 0.25) is 0 Å². The summed E-state index contributed by atoms with van der Waals surface area (Å²) in [7, 11) is -4.13. The van der Waals surface area contributed by atoms with Gasteiger partial charge in [0, 0.05) is 37.2 Å². The minimum Gasteiger partial charge on any atom is -0.465 e. The van der Waals surface area contributed by atoms with Gasteiger partial charge < -0.3 is 14.4 Å². The van der Waals surface area contributed by atoms with E-state index in [1.165, 1.54) is 4.90 Å². The Morgan fingerprint density at radius 2 is 1.78 bits per heavy atom. The van der Waals surface area contributed by atoms with Crippen LogP contribution in [0, 0.1) is 15.5 Å². The van der Waals surface area contributed by atoms with Gasteiger partial charge in [-0.05, 0) is 46.2 Å². The van der Waals surface area contributed by atoms with E-state index in [9.17, 15) is 28.1 Å². The number of nitrogens with zero attached hydrogens (tertiary/aromatic N) is 3. The molecule has 2 aliphatic heterocycles. The molecular weight excluding hydrogens is 442 g/mol. The molecule has 0 bridgehead atoms. The highest BCUT2D eigenvalue weighted by molar-refractivity contribution is 7.89. The lowest BCUT2D eigenvalue weighted by Gasteiger charge is -2.47. The van der Waals surface area contributed by atoms with Gasteiger partial charge in [-0.25, -0.2) is 13.2 Å². The smallest absolute Gasteiger partial charge is 0.410 e. The Morgan fingerprint density at radius 3 is 2.28 bits per heavy atom. The SMILES string of the molecule is CCOC(=O)C1CC2(CN(C(=O)OC(C)(C)C)C2)CN1S(=O)(=O)c1ccc([N+](=O)[O-])cc1. The summed E-state index contributed by atoms with van der Waals surface area (Å²) in [6, 6.07) is 3.45. The molecule has 2 heterocycles. The number of hydrogen-bond acceptors (Lipinski definition) is 8. The second kappa shape index (κ2) is 8.32. The lowest BCUT2D eigenvalue weighted by Crippen LogP contribution is -2.60. The maximum atomic E-state index is 13.3. The molecule has 1 aromatic carbocycles. The molecule has 2 fully saturated rings. The molecule has 32 heavy (non-hydrogen) atoms. The van der Waals surface area contributed by atoms with Crippen molar-refractivity contribution in [2.45, 2.75) is 50.7 Å². The molecule has 11 nitrogen and oxygen atoms in total. The Balaban J connectivity index is 1.83. The van der Waals surface area contributed by atoms with Gasteiger partial charge >= 0.3 is 12.1 Å². The van der Waals surface area contributed by atoms with Crippen LogP contribution in [0.1, 0.15) is 34.1 Å². The highest BCUT2D eigenvalue weighted by atomic mass is 32.2. The van der Waals surface area contributed by atoms with Crippen molar-refractivity contribution in [3.8, 4) is 0 Å². The molecular formula is C20H27N3O8S. The van der Waals surface area contributed by atoms with E-state index in [0.29, 0.717) is 0 Å². The third kappa shape index (κ3) is 4.70. The number of nitro benzene ring substituents is 1. The monoisotopic (exact) mass is 469 g/mol. The largest absolute Gasteiger partial charge is 0.465 e. The molecule has 1 spiro atoms. The van der Waals surface area contributed by atoms with E-state index in [-0.39, 0.29) is 43.2 Å². The normalized spacial score (nSPS) is 20.6. The van der Waals surface area contributed by atoms with Crippen LogP contribution in [0.3, 0.4) is 0 Å². The number of hydrogen-bond donors (Lipinski definition) is 0. The number of likely N-dealkylation sites (tertiary alicyclic amines) is 1. The van der Waals surface area contributed by atoms with E-state index >= 15 is 0 Å². The van der Waals surface area contributed by atoms with Gasteiger partial charge in [-0.15, -0.1) is 0 Å². The molecule has 0 aromatic heterocycles. The topological polar surface area (TPSA) is 136 Å². The number of nitro groups is 1. The number of carbonyl (C=O) groups excluding carboxylic acids is 2. The van der Waals surface area contributed by atoms with Crippen molar-refractivity contribution in [1.82, 2.24) is 9.21 Å². The van der Waals surface area contributed by atoms with Crippen molar-refractivity contribution >= 4 is 27.8 Å². The number of amides is 1. The first-order valence-electron chi connectivity index (χ1n) is 10.2. The van der Waals surface area contributed by atoms with E-state index < -0.39 is 44.1 Å². The average molecular weight is 470 g/mol. The van der Waals surface area contributed by atoms with Gasteiger partial charge in [-0.1, -0.05) is 0 Å². The highest BCUT2D eigenvalue weighted by Gasteiger charge is 2.58. The number of esters is 1. The van der Waals surface area contributed by atoms with Crippen molar-refractivity contribution in [3.05, 3.63) is 34.4 Å². The van der Waals surface area contributed by atoms with Gasteiger partial charge in [0.25, 0.3) is 5.69 Å². The van der Waals surface area contributed by atoms with Crippen LogP contribution < -0.4 is 0 Å². The molecule has 1 unspecified atom stereocenters. The Bertz CT molecular complexity index is 1010. The first-order valence-corrected chi connectivity index (χ1v) is 11.6. The van der Waals surface area contributed by atoms with E-state index in [2.05, 4.69) is 0 Å². The maximum absolute atomic E-state index is 13.3. The standard InChI is InChI=1S/C20H27N3O8S/c1-5-30-17(24)16-10-20(11-21(12-20)18(25)31-19(2,3)4)13-22(16)32(28,29)15-8-6-14(7-9-15)23(26)27/h6-9,16H,5,10-13H2,1-4H3. The summed E-state index contributed by atoms with van der Waals surface area (Å²) < 4.78 is 38.2. The third-order valence-electron chi connectivity index (χ3n) is 5.38. The summed E-state index contributed by atoms with van der Waals surface area (Å²) >= 11 is 0. The minimum absolute atomic E-state index is 0.0229. The van der Waals surface area contributed by atoms with E-state index in [0.717, 1.165) is 28.6 Å². The van der Waals surface area contributed by atoms with Crippen LogP contribution in [0.15, 0.2) is 29.2 Å². The molecule has 12 heteroatoms. The third-order valence-corrected chi connectivity index (χ3v) is 7.25. The van der Waals surface area contributed by atoms with Gasteiger partial charge in [0.2, 0.25) is 10.0 Å². The maximum Gasteiger partial charge on any atom is 0.410 e. The average Bonchev–Trinajstić information content (AvgIpc) is 3.08. The second-order valence-electron chi connectivity index (χ2n) is 9.11. The molecule has 176 valence electrons. The quantitative estimate of drug-likeness (QED) is 0.363. The Morgan fingerprint density at radius 1 is 1.19 bits per heavy atom. The van der Waals surface area contributed by atoms with Crippen LogP contribution in [0.25, 0.3) is 0 Å². The van der Waals surface area contributed by atoms with Crippen LogP contribution in [0.4, 0.5) is 10.5 Å². The zero-order valence-electron chi connectivity index (χ0n) is 18.4. The lowest BCUT2D eigenvalue weighted by molar-refractivity contribution is -0.384. The molecule has 0 saturated carbocycles. The van der Waals surface area contributed by atoms with Crippen molar-refractivity contribution in [2.24, 2.45) is 5.41 Å². The molecule has 3 rings (SSSR count). The van der Waals surface area contributed by atoms with Crippen molar-refractivity contribution in [1.29, 1.82) is 0 Å². The fourth-order valence-corrected chi connectivity index (χ4v) is 5.72. The van der Waals surface area contributed by atoms with Crippen LogP contribution in [-0.2, 0) is 24.3 Å². The van der Waals surface area contributed by atoms with Crippen LogP contribution >= 0.6 is 0 Å². The molecule has 1 atom stereocenters. The zero-order chi connectivity index (χ0) is 23.9. The number of ether oxygens (including phenoxy) is 2. The summed E-state index contributed by atoms with van der Waals surface area (Å²) in [5.41, 5.74) is -1.49. The van der Waals surface area contributed by atoms with E-state index in [1.54, 1.807) is 27.7 Å². The van der Waals surface area contributed by atoms with Crippen molar-refractivity contribution in [3.63, 3.8) is 0 Å². The first-order chi connectivity index (χ1) is 14.8. The predicted octanol–water partition coefficient (Wildman–Crippen LogP) is 2.16. The minimum atomic E-state index is -4.13. The summed E-state index contributed by atoms with van der Waals surface area (Å²) in [4.78, 5) is 36.5. The lowest BCUT2D eigenvalue weighted by atomic mass is 9.78. The summed E-state index contributed by atoms with van der Waals surface area (Å²) in [5, 5.41) is 10.9. The fraction of sp³-hybridized carbons (Fsp3) is 0.600. The van der Waals surface area contributed by atoms with Crippen molar-refractivity contribution < 1.29 is 32.4 Å². The Kier molecular flexibility index (Phi) is 6.22. The molecule has 0 aliphatic carbocycles. The van der Waals surface area contributed by atoms with Gasteiger partial charge in [-0.3, -0.25) is 14.9 Å². The van der Waals surface area contributed by atoms with Gasteiger partial charge in [0.1, 0.15) is 11.6 Å². The first kappa shape index (κ1) is 23.9. The van der Waals surface area contributed by atoms with Crippen molar-refractivity contribution in [2.75, 3.05) is 26.2 Å². The number of sulfonamides is 1. The fourth-order valence-electron chi connectivity index (χ4n) is 4.03. The number of rotatable bonds is 5. The predicted molar refractivity (Wildman–Crippen MR) is 112 cm³/mol. The van der Waals surface area contributed by atoms with Crippen LogP contribution in [0.5, 0.6) is 0 Å². The summed E-state index contributed by atoms with van der Waals surface area (Å²) in [5.74, 6) is -0.662. The Hall–Kier alpha value is -2.73. The molecule has 2 aliphatic rings. The van der Waals surface area contributed by atoms with Crippen LogP contribution in [-0.4, -0.2) is 72.5 Å². The second-order valence-corrected chi connectivity index (χ2v) is 11.0. The summed E-state index contributed by atoms with van der Waals surface area (Å²) in [6.07, 6.45) is -0.287. The molecule has 2 saturated heterocycles. The van der Waals surface area contributed by atoms with E-state index in [1.807, 2.05) is 0 Å². The van der Waals surface area contributed by atoms with Gasteiger partial charge in [0.15, 0.2) is 0 Å². The number of non-ortho nitro benzene ring substituents is 1. The summed E-state index contributed by atoms with van der Waals surface area (Å²) in [6.45, 7) is 7.52.